The minimum atomic E-state index is 0.0348. The Labute approximate surface area is 168 Å². The van der Waals surface area contributed by atoms with E-state index in [1.807, 2.05) is 42.5 Å². The summed E-state index contributed by atoms with van der Waals surface area (Å²) in [5, 5.41) is 21.4. The fraction of sp³-hybridized carbons (Fsp3) is 0.0400. The van der Waals surface area contributed by atoms with E-state index in [2.05, 4.69) is 18.2 Å². The lowest BCUT2D eigenvalue weighted by Crippen LogP contribution is -1.96. The van der Waals surface area contributed by atoms with Crippen LogP contribution < -0.4 is 11.5 Å². The van der Waals surface area contributed by atoms with Gasteiger partial charge in [0.25, 0.3) is 0 Å². The van der Waals surface area contributed by atoms with E-state index < -0.39 is 0 Å². The molecule has 0 amide bonds. The molecule has 0 saturated carbocycles. The summed E-state index contributed by atoms with van der Waals surface area (Å²) >= 11 is 0. The Kier molecular flexibility index (Phi) is 3.74. The number of anilines is 2. The summed E-state index contributed by atoms with van der Waals surface area (Å²) in [4.78, 5) is 0. The number of aromatic hydroxyl groups is 2. The van der Waals surface area contributed by atoms with Gasteiger partial charge < -0.3 is 21.7 Å². The maximum absolute atomic E-state index is 10.8. The predicted molar refractivity (Wildman–Crippen MR) is 118 cm³/mol. The van der Waals surface area contributed by atoms with Gasteiger partial charge in [-0.05, 0) is 51.9 Å². The van der Waals surface area contributed by atoms with Gasteiger partial charge in [0, 0.05) is 11.1 Å². The number of benzene rings is 4. The van der Waals surface area contributed by atoms with Crippen molar-refractivity contribution in [3.05, 3.63) is 83.9 Å². The smallest absolute Gasteiger partial charge is 0.146 e. The quantitative estimate of drug-likeness (QED) is 0.251. The zero-order chi connectivity index (χ0) is 20.1. The summed E-state index contributed by atoms with van der Waals surface area (Å²) < 4.78 is 0. The predicted octanol–water partition coefficient (Wildman–Crippen LogP) is 5.17. The van der Waals surface area contributed by atoms with Gasteiger partial charge in [0.15, 0.2) is 0 Å². The van der Waals surface area contributed by atoms with Gasteiger partial charge in [0.05, 0.1) is 11.4 Å². The Bertz CT molecular complexity index is 1280. The van der Waals surface area contributed by atoms with Crippen LogP contribution in [0.2, 0.25) is 0 Å². The Hall–Kier alpha value is -3.92. The number of phenols is 2. The number of para-hydroxylation sites is 2. The third kappa shape index (κ3) is 2.53. The van der Waals surface area contributed by atoms with Gasteiger partial charge in [-0.1, -0.05) is 60.7 Å². The molecule has 0 bridgehead atoms. The van der Waals surface area contributed by atoms with E-state index in [1.165, 1.54) is 11.1 Å². The normalized spacial score (nSPS) is 11.9. The number of phenolic OH excluding ortho intramolecular Hbond substituents is 2. The molecule has 0 unspecified atom stereocenters. The summed E-state index contributed by atoms with van der Waals surface area (Å²) in [6.07, 6.45) is 0.742. The monoisotopic (exact) mass is 380 g/mol. The molecular weight excluding hydrogens is 360 g/mol. The Morgan fingerprint density at radius 3 is 1.90 bits per heavy atom. The van der Waals surface area contributed by atoms with Crippen molar-refractivity contribution in [2.75, 3.05) is 11.5 Å². The molecule has 0 saturated heterocycles. The van der Waals surface area contributed by atoms with E-state index in [4.69, 9.17) is 11.5 Å². The fourth-order valence-electron chi connectivity index (χ4n) is 4.29. The summed E-state index contributed by atoms with van der Waals surface area (Å²) in [7, 11) is 0. The van der Waals surface area contributed by atoms with Crippen LogP contribution >= 0.6 is 0 Å². The van der Waals surface area contributed by atoms with Crippen LogP contribution in [0.25, 0.3) is 33.4 Å². The minimum absolute atomic E-state index is 0.0348. The van der Waals surface area contributed by atoms with Gasteiger partial charge in [0.1, 0.15) is 11.5 Å². The number of rotatable bonds is 2. The molecule has 5 rings (SSSR count). The zero-order valence-electron chi connectivity index (χ0n) is 15.7. The second-order valence-electron chi connectivity index (χ2n) is 7.33. The molecule has 0 radical (unpaired) electrons. The number of nitrogens with two attached hydrogens (primary N) is 2. The first-order valence-corrected chi connectivity index (χ1v) is 9.46. The van der Waals surface area contributed by atoms with Crippen LogP contribution in [0.5, 0.6) is 11.5 Å². The number of hydrogen-bond acceptors (Lipinski definition) is 4. The lowest BCUT2D eigenvalue weighted by atomic mass is 9.87. The molecule has 4 nitrogen and oxygen atoms in total. The standard InChI is InChI=1S/C25H20N2O2/c26-21-9-3-7-18(24(21)28)17-12-11-16-15-6-2-1-5-14(15)13-20(16)23(17)19-8-4-10-22(27)25(19)29/h1-12,28-29H,13,26-27H2. The van der Waals surface area contributed by atoms with Crippen molar-refractivity contribution in [2.24, 2.45) is 0 Å². The largest absolute Gasteiger partial charge is 0.505 e. The molecule has 0 spiro atoms. The Balaban J connectivity index is 1.87. The molecule has 0 heterocycles. The summed E-state index contributed by atoms with van der Waals surface area (Å²) in [5.74, 6) is 0.0779. The maximum atomic E-state index is 10.8. The molecule has 4 aromatic carbocycles. The topological polar surface area (TPSA) is 92.5 Å². The van der Waals surface area contributed by atoms with Crippen molar-refractivity contribution in [3.63, 3.8) is 0 Å². The second kappa shape index (κ2) is 6.31. The molecule has 0 fully saturated rings. The molecule has 0 aromatic heterocycles. The molecule has 142 valence electrons. The zero-order valence-corrected chi connectivity index (χ0v) is 15.7. The van der Waals surface area contributed by atoms with Crippen molar-refractivity contribution in [1.82, 2.24) is 0 Å². The summed E-state index contributed by atoms with van der Waals surface area (Å²) in [6, 6.07) is 23.0. The maximum Gasteiger partial charge on any atom is 0.146 e. The highest BCUT2D eigenvalue weighted by Gasteiger charge is 2.26. The minimum Gasteiger partial charge on any atom is -0.505 e. The molecule has 29 heavy (non-hydrogen) atoms. The van der Waals surface area contributed by atoms with Crippen LogP contribution in [0.3, 0.4) is 0 Å². The van der Waals surface area contributed by atoms with Crippen molar-refractivity contribution in [2.45, 2.75) is 6.42 Å². The van der Waals surface area contributed by atoms with Gasteiger partial charge >= 0.3 is 0 Å². The van der Waals surface area contributed by atoms with Gasteiger partial charge in [-0.3, -0.25) is 0 Å². The molecule has 1 aliphatic rings. The number of hydrogen-bond donors (Lipinski definition) is 4. The van der Waals surface area contributed by atoms with E-state index in [-0.39, 0.29) is 11.5 Å². The fourth-order valence-corrected chi connectivity index (χ4v) is 4.29. The molecule has 0 aliphatic heterocycles. The molecule has 4 heteroatoms. The van der Waals surface area contributed by atoms with Gasteiger partial charge in [0.2, 0.25) is 0 Å². The van der Waals surface area contributed by atoms with Crippen LogP contribution in [0.4, 0.5) is 11.4 Å². The third-order valence-corrected chi connectivity index (χ3v) is 5.68. The highest BCUT2D eigenvalue weighted by Crippen LogP contribution is 2.50. The highest BCUT2D eigenvalue weighted by atomic mass is 16.3. The van der Waals surface area contributed by atoms with Crippen LogP contribution in [-0.2, 0) is 6.42 Å². The van der Waals surface area contributed by atoms with E-state index >= 15 is 0 Å². The van der Waals surface area contributed by atoms with Crippen LogP contribution in [0, 0.1) is 0 Å². The SMILES string of the molecule is Nc1cccc(-c2ccc3c(c2-c2cccc(N)c2O)Cc2ccccc2-3)c1O. The lowest BCUT2D eigenvalue weighted by Gasteiger charge is -2.18. The Morgan fingerprint density at radius 1 is 0.552 bits per heavy atom. The average molecular weight is 380 g/mol. The Morgan fingerprint density at radius 2 is 1.14 bits per heavy atom. The molecule has 1 aliphatic carbocycles. The molecular formula is C25H20N2O2. The summed E-state index contributed by atoms with van der Waals surface area (Å²) in [5.41, 5.74) is 20.2. The van der Waals surface area contributed by atoms with Gasteiger partial charge in [-0.25, -0.2) is 0 Å². The van der Waals surface area contributed by atoms with Crippen LogP contribution in [0.15, 0.2) is 72.8 Å². The van der Waals surface area contributed by atoms with Crippen LogP contribution in [0.1, 0.15) is 11.1 Å². The first kappa shape index (κ1) is 17.2. The van der Waals surface area contributed by atoms with E-state index in [9.17, 15) is 10.2 Å². The lowest BCUT2D eigenvalue weighted by molar-refractivity contribution is 0.478. The van der Waals surface area contributed by atoms with Crippen LogP contribution in [-0.4, -0.2) is 10.2 Å². The van der Waals surface area contributed by atoms with E-state index in [1.54, 1.807) is 12.1 Å². The van der Waals surface area contributed by atoms with Crippen molar-refractivity contribution in [3.8, 4) is 44.9 Å². The van der Waals surface area contributed by atoms with Gasteiger partial charge in [-0.2, -0.15) is 0 Å². The van der Waals surface area contributed by atoms with Crippen molar-refractivity contribution in [1.29, 1.82) is 0 Å². The van der Waals surface area contributed by atoms with E-state index in [0.717, 1.165) is 28.7 Å². The van der Waals surface area contributed by atoms with E-state index in [0.29, 0.717) is 22.5 Å². The number of nitrogen functional groups attached to an aromatic ring is 2. The average Bonchev–Trinajstić information content (AvgIpc) is 3.10. The summed E-state index contributed by atoms with van der Waals surface area (Å²) in [6.45, 7) is 0. The van der Waals surface area contributed by atoms with Crippen molar-refractivity contribution < 1.29 is 10.2 Å². The number of fused-ring (bicyclic) bond motifs is 3. The molecule has 0 atom stereocenters. The molecule has 4 aromatic rings. The highest BCUT2D eigenvalue weighted by molar-refractivity contribution is 5.97. The second-order valence-corrected chi connectivity index (χ2v) is 7.33. The van der Waals surface area contributed by atoms with Gasteiger partial charge in [-0.15, -0.1) is 0 Å². The first-order chi connectivity index (χ1) is 14.1. The first-order valence-electron chi connectivity index (χ1n) is 9.46. The van der Waals surface area contributed by atoms with Crippen molar-refractivity contribution >= 4 is 11.4 Å². The third-order valence-electron chi connectivity index (χ3n) is 5.68. The molecule has 6 N–H and O–H groups in total.